The van der Waals surface area contributed by atoms with Crippen molar-refractivity contribution >= 4 is 17.7 Å². The van der Waals surface area contributed by atoms with Gasteiger partial charge in [0.25, 0.3) is 0 Å². The summed E-state index contributed by atoms with van der Waals surface area (Å²) < 4.78 is 0. The van der Waals surface area contributed by atoms with E-state index < -0.39 is 5.97 Å². The number of aliphatic carboxylic acids is 1. The fourth-order valence-corrected chi connectivity index (χ4v) is 2.98. The summed E-state index contributed by atoms with van der Waals surface area (Å²) in [5, 5.41) is 9.30. The zero-order valence-electron chi connectivity index (χ0n) is 8.66. The molecule has 0 heterocycles. The first kappa shape index (κ1) is 11.6. The normalized spacial score (nSPS) is 19.6. The summed E-state index contributed by atoms with van der Waals surface area (Å²) >= 11 is 1.92. The first-order valence-electron chi connectivity index (χ1n) is 5.20. The summed E-state index contributed by atoms with van der Waals surface area (Å²) in [6.45, 7) is 1.89. The molecule has 0 radical (unpaired) electrons. The molecule has 0 spiro atoms. The van der Waals surface area contributed by atoms with E-state index in [1.807, 2.05) is 18.7 Å². The second kappa shape index (κ2) is 6.12. The molecular formula is C11H18O2S. The number of hydrogen-bond donors (Lipinski definition) is 1. The van der Waals surface area contributed by atoms with E-state index in [0.717, 1.165) is 16.6 Å². The third-order valence-corrected chi connectivity index (χ3v) is 4.03. The summed E-state index contributed by atoms with van der Waals surface area (Å²) in [5.74, 6) is 0.0449. The maximum Gasteiger partial charge on any atom is 0.328 e. The maximum absolute atomic E-state index is 10.4. The number of thioether (sulfide) groups is 1. The van der Waals surface area contributed by atoms with Gasteiger partial charge in [0.15, 0.2) is 0 Å². The molecule has 0 aromatic rings. The van der Waals surface area contributed by atoms with Gasteiger partial charge in [0, 0.05) is 17.1 Å². The van der Waals surface area contributed by atoms with Crippen molar-refractivity contribution in [1.82, 2.24) is 0 Å². The minimum atomic E-state index is -0.827. The largest absolute Gasteiger partial charge is 0.478 e. The van der Waals surface area contributed by atoms with E-state index in [-0.39, 0.29) is 0 Å². The summed E-state index contributed by atoms with van der Waals surface area (Å²) in [6.07, 6.45) is 8.01. The molecule has 0 aliphatic heterocycles. The minimum absolute atomic E-state index is 0.765. The maximum atomic E-state index is 10.4. The highest BCUT2D eigenvalue weighted by Crippen LogP contribution is 2.29. The number of carbonyl (C=O) groups is 1. The molecule has 0 bridgehead atoms. The Morgan fingerprint density at radius 1 is 1.43 bits per heavy atom. The Balaban J connectivity index is 2.21. The van der Waals surface area contributed by atoms with Crippen molar-refractivity contribution < 1.29 is 9.90 Å². The van der Waals surface area contributed by atoms with Gasteiger partial charge in [-0.3, -0.25) is 0 Å². The van der Waals surface area contributed by atoms with Gasteiger partial charge in [-0.1, -0.05) is 24.8 Å². The lowest BCUT2D eigenvalue weighted by atomic mass is 10.0. The van der Waals surface area contributed by atoms with Crippen LogP contribution >= 0.6 is 11.8 Å². The smallest absolute Gasteiger partial charge is 0.328 e. The van der Waals surface area contributed by atoms with Crippen LogP contribution < -0.4 is 0 Å². The van der Waals surface area contributed by atoms with Crippen molar-refractivity contribution in [3.63, 3.8) is 0 Å². The Hall–Kier alpha value is -0.440. The Kier molecular flexibility index (Phi) is 5.09. The van der Waals surface area contributed by atoms with Crippen LogP contribution in [0, 0.1) is 0 Å². The second-order valence-electron chi connectivity index (χ2n) is 3.90. The van der Waals surface area contributed by atoms with Crippen LogP contribution in [-0.2, 0) is 4.79 Å². The Labute approximate surface area is 89.8 Å². The van der Waals surface area contributed by atoms with E-state index in [2.05, 4.69) is 0 Å². The summed E-state index contributed by atoms with van der Waals surface area (Å²) in [4.78, 5) is 10.4. The van der Waals surface area contributed by atoms with Crippen LogP contribution in [0.25, 0.3) is 0 Å². The lowest BCUT2D eigenvalue weighted by Crippen LogP contribution is -2.09. The summed E-state index contributed by atoms with van der Waals surface area (Å²) in [7, 11) is 0. The van der Waals surface area contributed by atoms with Crippen LogP contribution in [0.3, 0.4) is 0 Å². The van der Waals surface area contributed by atoms with E-state index in [4.69, 9.17) is 5.11 Å². The fraction of sp³-hybridized carbons (Fsp3) is 0.727. The molecule has 0 aromatic heterocycles. The van der Waals surface area contributed by atoms with Crippen LogP contribution in [-0.4, -0.2) is 22.1 Å². The van der Waals surface area contributed by atoms with Crippen molar-refractivity contribution in [2.45, 2.75) is 44.3 Å². The molecule has 1 saturated carbocycles. The predicted molar refractivity (Wildman–Crippen MR) is 60.7 cm³/mol. The van der Waals surface area contributed by atoms with Crippen molar-refractivity contribution in [2.24, 2.45) is 0 Å². The average Bonchev–Trinajstić information content (AvgIpc) is 2.15. The van der Waals surface area contributed by atoms with Crippen molar-refractivity contribution in [2.75, 3.05) is 5.75 Å². The third kappa shape index (κ3) is 4.70. The summed E-state index contributed by atoms with van der Waals surface area (Å²) in [5.41, 5.74) is 0.966. The lowest BCUT2D eigenvalue weighted by molar-refractivity contribution is -0.131. The quantitative estimate of drug-likeness (QED) is 0.731. The van der Waals surface area contributed by atoms with Gasteiger partial charge in [-0.05, 0) is 19.8 Å². The number of carboxylic acids is 1. The number of rotatable bonds is 4. The van der Waals surface area contributed by atoms with E-state index >= 15 is 0 Å². The number of hydrogen-bond acceptors (Lipinski definition) is 2. The first-order chi connectivity index (χ1) is 6.68. The third-order valence-electron chi connectivity index (χ3n) is 2.47. The van der Waals surface area contributed by atoms with Crippen LogP contribution in [0.5, 0.6) is 0 Å². The molecule has 0 aromatic carbocycles. The van der Waals surface area contributed by atoms with Crippen LogP contribution in [0.2, 0.25) is 0 Å². The molecular weight excluding hydrogens is 196 g/mol. The molecule has 0 unspecified atom stereocenters. The highest BCUT2D eigenvalue weighted by atomic mass is 32.2. The molecule has 3 heteroatoms. The average molecular weight is 214 g/mol. The fourth-order valence-electron chi connectivity index (χ4n) is 1.73. The zero-order valence-corrected chi connectivity index (χ0v) is 9.48. The van der Waals surface area contributed by atoms with Gasteiger partial charge in [-0.15, -0.1) is 0 Å². The molecule has 0 saturated heterocycles. The second-order valence-corrected chi connectivity index (χ2v) is 5.19. The van der Waals surface area contributed by atoms with Gasteiger partial charge in [0.2, 0.25) is 0 Å². The van der Waals surface area contributed by atoms with Gasteiger partial charge in [0.1, 0.15) is 0 Å². The van der Waals surface area contributed by atoms with Crippen LogP contribution in [0.4, 0.5) is 0 Å². The minimum Gasteiger partial charge on any atom is -0.478 e. The molecule has 0 amide bonds. The molecule has 0 atom stereocenters. The van der Waals surface area contributed by atoms with Gasteiger partial charge < -0.3 is 5.11 Å². The molecule has 2 nitrogen and oxygen atoms in total. The van der Waals surface area contributed by atoms with E-state index in [0.29, 0.717) is 0 Å². The van der Waals surface area contributed by atoms with Crippen LogP contribution in [0.15, 0.2) is 11.6 Å². The molecule has 80 valence electrons. The first-order valence-corrected chi connectivity index (χ1v) is 6.25. The lowest BCUT2D eigenvalue weighted by Gasteiger charge is -2.20. The van der Waals surface area contributed by atoms with E-state index in [9.17, 15) is 4.79 Å². The predicted octanol–water partition coefficient (Wildman–Crippen LogP) is 3.08. The standard InChI is InChI=1S/C11H18O2S/c1-9(7-11(12)13)8-14-10-5-3-2-4-6-10/h7,10H,2-6,8H2,1H3,(H,12,13). The number of carboxylic acid groups (broad SMARTS) is 1. The van der Waals surface area contributed by atoms with Gasteiger partial charge >= 0.3 is 5.97 Å². The van der Waals surface area contributed by atoms with Gasteiger partial charge in [0.05, 0.1) is 0 Å². The van der Waals surface area contributed by atoms with E-state index in [1.165, 1.54) is 38.2 Å². The highest BCUT2D eigenvalue weighted by Gasteiger charge is 2.13. The van der Waals surface area contributed by atoms with Crippen molar-refractivity contribution in [3.05, 3.63) is 11.6 Å². The molecule has 1 rings (SSSR count). The molecule has 1 N–H and O–H groups in total. The van der Waals surface area contributed by atoms with Crippen LogP contribution in [0.1, 0.15) is 39.0 Å². The Morgan fingerprint density at radius 3 is 2.64 bits per heavy atom. The topological polar surface area (TPSA) is 37.3 Å². The Bertz CT molecular complexity index is 217. The monoisotopic (exact) mass is 214 g/mol. The highest BCUT2D eigenvalue weighted by molar-refractivity contribution is 8.00. The molecule has 1 fully saturated rings. The Morgan fingerprint density at radius 2 is 2.07 bits per heavy atom. The van der Waals surface area contributed by atoms with Crippen molar-refractivity contribution in [1.29, 1.82) is 0 Å². The van der Waals surface area contributed by atoms with Crippen molar-refractivity contribution in [3.8, 4) is 0 Å². The molecule has 1 aliphatic carbocycles. The molecule has 1 aliphatic rings. The SMILES string of the molecule is CC(=CC(=O)O)CSC1CCCCC1. The van der Waals surface area contributed by atoms with Gasteiger partial charge in [-0.25, -0.2) is 4.79 Å². The van der Waals surface area contributed by atoms with E-state index in [1.54, 1.807) is 0 Å². The zero-order chi connectivity index (χ0) is 10.4. The van der Waals surface area contributed by atoms with Gasteiger partial charge in [-0.2, -0.15) is 11.8 Å². The molecule has 14 heavy (non-hydrogen) atoms. The summed E-state index contributed by atoms with van der Waals surface area (Å²) in [6, 6.07) is 0.